The molecule has 0 saturated carbocycles. The Hall–Kier alpha value is -1.11. The summed E-state index contributed by atoms with van der Waals surface area (Å²) in [4.78, 5) is 14.7. The van der Waals surface area contributed by atoms with Crippen LogP contribution in [0.1, 0.15) is 11.3 Å². The minimum absolute atomic E-state index is 0.0947. The van der Waals surface area contributed by atoms with E-state index in [4.69, 9.17) is 16.7 Å². The van der Waals surface area contributed by atoms with Gasteiger partial charge in [-0.25, -0.2) is 9.37 Å². The number of thioether (sulfide) groups is 1. The van der Waals surface area contributed by atoms with Gasteiger partial charge in [0.05, 0.1) is 12.1 Å². The summed E-state index contributed by atoms with van der Waals surface area (Å²) in [5.74, 6) is -0.811. The molecule has 0 spiro atoms. The van der Waals surface area contributed by atoms with Crippen LogP contribution in [0.3, 0.4) is 0 Å². The van der Waals surface area contributed by atoms with E-state index in [1.54, 1.807) is 11.4 Å². The van der Waals surface area contributed by atoms with Crippen molar-refractivity contribution in [2.24, 2.45) is 0 Å². The lowest BCUT2D eigenvalue weighted by Crippen LogP contribution is -1.99. The predicted molar refractivity (Wildman–Crippen MR) is 74.4 cm³/mol. The summed E-state index contributed by atoms with van der Waals surface area (Å²) < 4.78 is 14.2. The van der Waals surface area contributed by atoms with Gasteiger partial charge in [-0.05, 0) is 23.8 Å². The molecule has 0 amide bonds. The van der Waals surface area contributed by atoms with Crippen molar-refractivity contribution in [3.05, 3.63) is 45.7 Å². The van der Waals surface area contributed by atoms with Gasteiger partial charge in [0.1, 0.15) is 10.2 Å². The molecule has 1 aromatic heterocycles. The minimum atomic E-state index is -0.914. The topological polar surface area (TPSA) is 50.2 Å². The Bertz CT molecular complexity index is 603. The number of hydrogen-bond acceptors (Lipinski definition) is 4. The summed E-state index contributed by atoms with van der Waals surface area (Å²) in [5, 5.41) is 10.8. The Balaban J connectivity index is 2.00. The number of nitrogens with zero attached hydrogens (tertiary/aromatic N) is 1. The molecular formula is C12H9ClFNO2S2. The second-order valence-corrected chi connectivity index (χ2v) is 6.22. The Kier molecular flexibility index (Phi) is 4.79. The number of carboxylic acids is 1. The maximum atomic E-state index is 13.5. The van der Waals surface area contributed by atoms with Crippen LogP contribution in [0.5, 0.6) is 0 Å². The SMILES string of the molecule is O=C(O)Cc1csc(SCc2cc(Cl)ccc2F)n1. The molecule has 1 heterocycles. The van der Waals surface area contributed by atoms with Crippen molar-refractivity contribution in [2.45, 2.75) is 16.5 Å². The average molecular weight is 318 g/mol. The number of thiazole rings is 1. The Morgan fingerprint density at radius 2 is 2.32 bits per heavy atom. The molecule has 7 heteroatoms. The molecule has 0 aliphatic carbocycles. The van der Waals surface area contributed by atoms with Gasteiger partial charge in [0, 0.05) is 16.2 Å². The molecule has 0 fully saturated rings. The third-order valence-electron chi connectivity index (χ3n) is 2.22. The van der Waals surface area contributed by atoms with E-state index in [2.05, 4.69) is 4.98 Å². The molecular weight excluding hydrogens is 309 g/mol. The fraction of sp³-hybridized carbons (Fsp3) is 0.167. The van der Waals surface area contributed by atoms with Crippen LogP contribution in [0.15, 0.2) is 27.9 Å². The molecule has 0 unspecified atom stereocenters. The van der Waals surface area contributed by atoms with Gasteiger partial charge in [0.25, 0.3) is 0 Å². The van der Waals surface area contributed by atoms with E-state index in [0.29, 0.717) is 22.0 Å². The number of benzene rings is 1. The standard InChI is InChI=1S/C12H9ClFNO2S2/c13-8-1-2-10(14)7(3-8)5-18-12-15-9(6-19-12)4-11(16)17/h1-3,6H,4-5H2,(H,16,17). The summed E-state index contributed by atoms with van der Waals surface area (Å²) in [6, 6.07) is 4.41. The van der Waals surface area contributed by atoms with Crippen molar-refractivity contribution in [1.29, 1.82) is 0 Å². The zero-order chi connectivity index (χ0) is 13.8. The molecule has 0 aliphatic rings. The lowest BCUT2D eigenvalue weighted by Gasteiger charge is -2.01. The number of aliphatic carboxylic acids is 1. The van der Waals surface area contributed by atoms with E-state index in [1.807, 2.05) is 0 Å². The zero-order valence-electron chi connectivity index (χ0n) is 9.60. The van der Waals surface area contributed by atoms with Crippen LogP contribution in [0.25, 0.3) is 0 Å². The zero-order valence-corrected chi connectivity index (χ0v) is 12.0. The van der Waals surface area contributed by atoms with Crippen LogP contribution in [-0.4, -0.2) is 16.1 Å². The van der Waals surface area contributed by atoms with Crippen LogP contribution in [-0.2, 0) is 17.0 Å². The molecule has 100 valence electrons. The molecule has 0 aliphatic heterocycles. The lowest BCUT2D eigenvalue weighted by molar-refractivity contribution is -0.136. The van der Waals surface area contributed by atoms with Gasteiger partial charge in [0.2, 0.25) is 0 Å². The molecule has 0 saturated heterocycles. The van der Waals surface area contributed by atoms with E-state index in [1.165, 1.54) is 35.2 Å². The summed E-state index contributed by atoms with van der Waals surface area (Å²) in [5.41, 5.74) is 1.03. The Morgan fingerprint density at radius 1 is 1.53 bits per heavy atom. The van der Waals surface area contributed by atoms with E-state index in [0.717, 1.165) is 4.34 Å². The normalized spacial score (nSPS) is 10.6. The molecule has 2 aromatic rings. The van der Waals surface area contributed by atoms with Gasteiger partial charge < -0.3 is 5.11 Å². The third-order valence-corrected chi connectivity index (χ3v) is 4.58. The largest absolute Gasteiger partial charge is 0.481 e. The van der Waals surface area contributed by atoms with Gasteiger partial charge in [-0.2, -0.15) is 0 Å². The van der Waals surface area contributed by atoms with Crippen molar-refractivity contribution in [3.63, 3.8) is 0 Å². The minimum Gasteiger partial charge on any atom is -0.481 e. The highest BCUT2D eigenvalue weighted by Gasteiger charge is 2.08. The summed E-state index contributed by atoms with van der Waals surface area (Å²) in [6.45, 7) is 0. The Labute approximate surface area is 122 Å². The van der Waals surface area contributed by atoms with Crippen molar-refractivity contribution in [3.8, 4) is 0 Å². The van der Waals surface area contributed by atoms with Gasteiger partial charge in [-0.1, -0.05) is 23.4 Å². The highest BCUT2D eigenvalue weighted by Crippen LogP contribution is 2.28. The molecule has 2 rings (SSSR count). The molecule has 0 atom stereocenters. The van der Waals surface area contributed by atoms with Crippen molar-refractivity contribution in [2.75, 3.05) is 0 Å². The molecule has 1 N–H and O–H groups in total. The van der Waals surface area contributed by atoms with Crippen molar-refractivity contribution < 1.29 is 14.3 Å². The van der Waals surface area contributed by atoms with Crippen LogP contribution >= 0.6 is 34.7 Å². The lowest BCUT2D eigenvalue weighted by atomic mass is 10.2. The van der Waals surface area contributed by atoms with Crippen LogP contribution in [0.4, 0.5) is 4.39 Å². The number of carboxylic acid groups (broad SMARTS) is 1. The van der Waals surface area contributed by atoms with Gasteiger partial charge in [-0.15, -0.1) is 11.3 Å². The van der Waals surface area contributed by atoms with Crippen molar-refractivity contribution >= 4 is 40.7 Å². The summed E-state index contributed by atoms with van der Waals surface area (Å²) >= 11 is 8.52. The highest BCUT2D eigenvalue weighted by atomic mass is 35.5. The molecule has 0 radical (unpaired) electrons. The maximum Gasteiger partial charge on any atom is 0.309 e. The summed E-state index contributed by atoms with van der Waals surface area (Å²) in [7, 11) is 0. The predicted octanol–water partition coefficient (Wildman–Crippen LogP) is 3.86. The molecule has 3 nitrogen and oxygen atoms in total. The van der Waals surface area contributed by atoms with E-state index < -0.39 is 5.97 Å². The number of halogens is 2. The first kappa shape index (κ1) is 14.3. The molecule has 1 aromatic carbocycles. The second-order valence-electron chi connectivity index (χ2n) is 3.70. The third kappa shape index (κ3) is 4.19. The summed E-state index contributed by atoms with van der Waals surface area (Å²) in [6.07, 6.45) is -0.0947. The average Bonchev–Trinajstić information content (AvgIpc) is 2.77. The fourth-order valence-electron chi connectivity index (χ4n) is 1.38. The molecule has 19 heavy (non-hydrogen) atoms. The second kappa shape index (κ2) is 6.36. The van der Waals surface area contributed by atoms with Crippen LogP contribution in [0.2, 0.25) is 5.02 Å². The Morgan fingerprint density at radius 3 is 3.05 bits per heavy atom. The number of hydrogen-bond donors (Lipinski definition) is 1. The monoisotopic (exact) mass is 317 g/mol. The van der Waals surface area contributed by atoms with Gasteiger partial charge >= 0.3 is 5.97 Å². The van der Waals surface area contributed by atoms with E-state index in [-0.39, 0.29) is 12.2 Å². The van der Waals surface area contributed by atoms with Gasteiger partial charge in [-0.3, -0.25) is 4.79 Å². The number of carbonyl (C=O) groups is 1. The first-order chi connectivity index (χ1) is 9.04. The first-order valence-electron chi connectivity index (χ1n) is 5.27. The maximum absolute atomic E-state index is 13.5. The van der Waals surface area contributed by atoms with Gasteiger partial charge in [0.15, 0.2) is 0 Å². The first-order valence-corrected chi connectivity index (χ1v) is 7.52. The number of aromatic nitrogens is 1. The molecule has 0 bridgehead atoms. The smallest absolute Gasteiger partial charge is 0.309 e. The van der Waals surface area contributed by atoms with Crippen LogP contribution < -0.4 is 0 Å². The highest BCUT2D eigenvalue weighted by molar-refractivity contribution is 8.00. The van der Waals surface area contributed by atoms with E-state index in [9.17, 15) is 9.18 Å². The number of rotatable bonds is 5. The fourth-order valence-corrected chi connectivity index (χ4v) is 3.40. The quantitative estimate of drug-likeness (QED) is 0.851. The van der Waals surface area contributed by atoms with E-state index >= 15 is 0 Å². The van der Waals surface area contributed by atoms with Crippen LogP contribution in [0, 0.1) is 5.82 Å². The van der Waals surface area contributed by atoms with Crippen molar-refractivity contribution in [1.82, 2.24) is 4.98 Å².